The van der Waals surface area contributed by atoms with Gasteiger partial charge in [-0.05, 0) is 56.7 Å². The average molecular weight is 496 g/mol. The Morgan fingerprint density at radius 1 is 1.08 bits per heavy atom. The van der Waals surface area contributed by atoms with Crippen LogP contribution in [0.15, 0.2) is 60.9 Å². The number of hydrogen-bond donors (Lipinski definition) is 1. The SMILES string of the molecule is COc1cccc(C(=O)Oc2ccc(C(CN(C)C(=O)OC(C)(C)C)c3nccn3C(=O)O)cc2)c1. The summed E-state index contributed by atoms with van der Waals surface area (Å²) in [4.78, 5) is 42.4. The lowest BCUT2D eigenvalue weighted by molar-refractivity contribution is 0.0292. The second-order valence-electron chi connectivity index (χ2n) is 9.04. The lowest BCUT2D eigenvalue weighted by Gasteiger charge is -2.27. The number of methoxy groups -OCH3 is 1. The van der Waals surface area contributed by atoms with Gasteiger partial charge in [-0.2, -0.15) is 0 Å². The summed E-state index contributed by atoms with van der Waals surface area (Å²) in [5, 5.41) is 9.59. The van der Waals surface area contributed by atoms with Crippen LogP contribution in [0.4, 0.5) is 9.59 Å². The maximum absolute atomic E-state index is 12.6. The van der Waals surface area contributed by atoms with E-state index in [4.69, 9.17) is 14.2 Å². The van der Waals surface area contributed by atoms with Crippen molar-refractivity contribution in [2.24, 2.45) is 0 Å². The van der Waals surface area contributed by atoms with E-state index in [1.54, 1.807) is 76.3 Å². The van der Waals surface area contributed by atoms with E-state index in [1.165, 1.54) is 24.4 Å². The molecule has 0 aliphatic carbocycles. The van der Waals surface area contributed by atoms with Crippen LogP contribution >= 0.6 is 0 Å². The van der Waals surface area contributed by atoms with Crippen LogP contribution < -0.4 is 9.47 Å². The first kappa shape index (κ1) is 26.3. The Labute approximate surface area is 209 Å². The fraction of sp³-hybridized carbons (Fsp3) is 0.308. The smallest absolute Gasteiger partial charge is 0.417 e. The Morgan fingerprint density at radius 2 is 1.78 bits per heavy atom. The fourth-order valence-electron chi connectivity index (χ4n) is 3.44. The van der Waals surface area contributed by atoms with Gasteiger partial charge in [0.25, 0.3) is 0 Å². The van der Waals surface area contributed by atoms with Crippen LogP contribution in [0.2, 0.25) is 0 Å². The van der Waals surface area contributed by atoms with Crippen molar-refractivity contribution in [3.8, 4) is 11.5 Å². The van der Waals surface area contributed by atoms with Gasteiger partial charge in [0.1, 0.15) is 22.9 Å². The van der Waals surface area contributed by atoms with Crippen molar-refractivity contribution in [3.05, 3.63) is 77.9 Å². The molecule has 0 aliphatic rings. The topological polar surface area (TPSA) is 120 Å². The zero-order valence-electron chi connectivity index (χ0n) is 20.8. The van der Waals surface area contributed by atoms with Crippen molar-refractivity contribution in [1.82, 2.24) is 14.5 Å². The van der Waals surface area contributed by atoms with Crippen molar-refractivity contribution in [2.45, 2.75) is 32.3 Å². The molecule has 0 bridgehead atoms. The van der Waals surface area contributed by atoms with Gasteiger partial charge in [-0.1, -0.05) is 18.2 Å². The molecule has 0 saturated heterocycles. The molecule has 0 aliphatic heterocycles. The third kappa shape index (κ3) is 6.62. The van der Waals surface area contributed by atoms with Crippen molar-refractivity contribution in [1.29, 1.82) is 0 Å². The van der Waals surface area contributed by atoms with Gasteiger partial charge in [0, 0.05) is 26.0 Å². The molecule has 3 aromatic rings. The van der Waals surface area contributed by atoms with Crippen LogP contribution in [0.5, 0.6) is 11.5 Å². The summed E-state index contributed by atoms with van der Waals surface area (Å²) >= 11 is 0. The monoisotopic (exact) mass is 495 g/mol. The van der Waals surface area contributed by atoms with Crippen LogP contribution in [0.3, 0.4) is 0 Å². The predicted octanol–water partition coefficient (Wildman–Crippen LogP) is 4.64. The van der Waals surface area contributed by atoms with Crippen molar-refractivity contribution >= 4 is 18.2 Å². The second-order valence-corrected chi connectivity index (χ2v) is 9.04. The van der Waals surface area contributed by atoms with Gasteiger partial charge in [0.05, 0.1) is 18.6 Å². The quantitative estimate of drug-likeness (QED) is 0.372. The maximum atomic E-state index is 12.6. The van der Waals surface area contributed by atoms with Crippen molar-refractivity contribution < 1.29 is 33.7 Å². The number of nitrogens with zero attached hydrogens (tertiary/aromatic N) is 3. The van der Waals surface area contributed by atoms with Crippen LogP contribution in [0, 0.1) is 0 Å². The highest BCUT2D eigenvalue weighted by Gasteiger charge is 2.27. The Kier molecular flexibility index (Phi) is 7.98. The minimum Gasteiger partial charge on any atom is -0.497 e. The summed E-state index contributed by atoms with van der Waals surface area (Å²) in [5.41, 5.74) is 0.313. The number of aromatic nitrogens is 2. The first-order valence-electron chi connectivity index (χ1n) is 11.2. The lowest BCUT2D eigenvalue weighted by atomic mass is 9.97. The average Bonchev–Trinajstić information content (AvgIpc) is 3.32. The number of carboxylic acid groups (broad SMARTS) is 1. The molecule has 1 heterocycles. The van der Waals surface area contributed by atoms with Gasteiger partial charge in [-0.15, -0.1) is 0 Å². The molecule has 0 radical (unpaired) electrons. The predicted molar refractivity (Wildman–Crippen MR) is 131 cm³/mol. The van der Waals surface area contributed by atoms with Gasteiger partial charge >= 0.3 is 18.2 Å². The molecule has 10 heteroatoms. The Hall–Kier alpha value is -4.34. The summed E-state index contributed by atoms with van der Waals surface area (Å²) in [5.74, 6) is -0.0851. The fourth-order valence-corrected chi connectivity index (χ4v) is 3.44. The van der Waals surface area contributed by atoms with Gasteiger partial charge < -0.3 is 24.2 Å². The van der Waals surface area contributed by atoms with Crippen LogP contribution in [-0.4, -0.2) is 64.0 Å². The molecule has 3 rings (SSSR count). The van der Waals surface area contributed by atoms with E-state index in [1.807, 2.05) is 0 Å². The molecule has 0 spiro atoms. The molecule has 2 aromatic carbocycles. The number of carbonyl (C=O) groups excluding carboxylic acids is 2. The number of benzene rings is 2. The molecule has 1 N–H and O–H groups in total. The Balaban J connectivity index is 1.85. The minimum absolute atomic E-state index is 0.0994. The molecule has 0 saturated carbocycles. The van der Waals surface area contributed by atoms with Crippen molar-refractivity contribution in [2.75, 3.05) is 20.7 Å². The van der Waals surface area contributed by atoms with E-state index in [-0.39, 0.29) is 12.4 Å². The minimum atomic E-state index is -1.20. The Morgan fingerprint density at radius 3 is 2.39 bits per heavy atom. The molecule has 36 heavy (non-hydrogen) atoms. The highest BCUT2D eigenvalue weighted by atomic mass is 16.6. The number of esters is 1. The molecule has 1 unspecified atom stereocenters. The molecule has 10 nitrogen and oxygen atoms in total. The first-order valence-corrected chi connectivity index (χ1v) is 11.2. The molecule has 0 fully saturated rings. The number of ether oxygens (including phenoxy) is 3. The van der Waals surface area contributed by atoms with Crippen LogP contribution in [-0.2, 0) is 4.74 Å². The molecule has 1 amide bonds. The standard InChI is InChI=1S/C26H29N3O7/c1-26(2,3)36-25(33)28(4)16-21(22-27-13-14-29(22)24(31)32)17-9-11-19(12-10-17)35-23(30)18-7-6-8-20(15-18)34-5/h6-15,21H,16H2,1-5H3,(H,31,32). The van der Waals surface area contributed by atoms with Crippen LogP contribution in [0.1, 0.15) is 48.4 Å². The summed E-state index contributed by atoms with van der Waals surface area (Å²) in [6.45, 7) is 5.39. The molecular weight excluding hydrogens is 466 g/mol. The van der Waals surface area contributed by atoms with Crippen molar-refractivity contribution in [3.63, 3.8) is 0 Å². The summed E-state index contributed by atoms with van der Waals surface area (Å²) in [7, 11) is 3.08. The third-order valence-electron chi connectivity index (χ3n) is 5.15. The van der Waals surface area contributed by atoms with E-state index < -0.39 is 29.7 Å². The number of amides is 1. The summed E-state index contributed by atoms with van der Waals surface area (Å²) in [6.07, 6.45) is 0.970. The van der Waals surface area contributed by atoms with Gasteiger partial charge in [-0.3, -0.25) is 0 Å². The normalized spacial score (nSPS) is 11.9. The van der Waals surface area contributed by atoms with E-state index in [0.29, 0.717) is 22.6 Å². The van der Waals surface area contributed by atoms with E-state index in [0.717, 1.165) is 4.57 Å². The number of rotatable bonds is 7. The molecule has 190 valence electrons. The zero-order chi connectivity index (χ0) is 26.5. The van der Waals surface area contributed by atoms with Crippen LogP contribution in [0.25, 0.3) is 0 Å². The third-order valence-corrected chi connectivity index (χ3v) is 5.15. The second kappa shape index (κ2) is 10.9. The van der Waals surface area contributed by atoms with Gasteiger partial charge in [0.2, 0.25) is 0 Å². The molecule has 1 aromatic heterocycles. The highest BCUT2D eigenvalue weighted by Crippen LogP contribution is 2.27. The summed E-state index contributed by atoms with van der Waals surface area (Å²) < 4.78 is 17.0. The van der Waals surface area contributed by atoms with E-state index in [9.17, 15) is 19.5 Å². The number of imidazole rings is 1. The van der Waals surface area contributed by atoms with Gasteiger partial charge in [-0.25, -0.2) is 23.9 Å². The van der Waals surface area contributed by atoms with E-state index in [2.05, 4.69) is 4.98 Å². The highest BCUT2D eigenvalue weighted by molar-refractivity contribution is 5.91. The maximum Gasteiger partial charge on any atom is 0.417 e. The van der Waals surface area contributed by atoms with Gasteiger partial charge in [0.15, 0.2) is 0 Å². The number of carbonyl (C=O) groups is 3. The summed E-state index contributed by atoms with van der Waals surface area (Å²) in [6, 6.07) is 13.2. The molecule has 1 atom stereocenters. The number of hydrogen-bond acceptors (Lipinski definition) is 7. The zero-order valence-corrected chi connectivity index (χ0v) is 20.8. The Bertz CT molecular complexity index is 1230. The molecular formula is C26H29N3O7. The van der Waals surface area contributed by atoms with E-state index >= 15 is 0 Å². The largest absolute Gasteiger partial charge is 0.497 e. The lowest BCUT2D eigenvalue weighted by Crippen LogP contribution is -2.37. The number of likely N-dealkylation sites (N-methyl/N-ethyl adjacent to an activating group) is 1. The first-order chi connectivity index (χ1) is 17.0.